The van der Waals surface area contributed by atoms with E-state index < -0.39 is 5.60 Å². The van der Waals surface area contributed by atoms with Crippen LogP contribution < -0.4 is 0 Å². The number of halogens is 1. The molecule has 4 heterocycles. The van der Waals surface area contributed by atoms with E-state index in [0.717, 1.165) is 71.0 Å². The Hall–Kier alpha value is -3.00. The number of H-pyrrole nitrogens is 1. The summed E-state index contributed by atoms with van der Waals surface area (Å²) < 4.78 is 5.68. The second kappa shape index (κ2) is 9.47. The van der Waals surface area contributed by atoms with E-state index in [1.165, 1.54) is 0 Å². The molecule has 1 fully saturated rings. The Morgan fingerprint density at radius 2 is 1.75 bits per heavy atom. The SMILES string of the molecule is Cc1cnc(C)c(C2CCC(c3n[nH]c4c3-c3ncc(Cl)cc3CN(C(=O)OC(C)(C)C)C4)CC2)n1. The van der Waals surface area contributed by atoms with Crippen LogP contribution in [-0.2, 0) is 17.8 Å². The van der Waals surface area contributed by atoms with Crippen molar-refractivity contribution >= 4 is 17.7 Å². The van der Waals surface area contributed by atoms with Crippen LogP contribution in [0.5, 0.6) is 0 Å². The molecular formula is C27H33ClN6O2. The molecule has 3 aromatic heterocycles. The standard InChI is InChI=1S/C27H33ClN6O2/c1-15-11-29-16(2)23(31-15)17-6-8-18(9-7-17)25-22-21(32-33-25)14-34(26(35)36-27(3,4)5)13-19-10-20(28)12-30-24(19)22/h10-12,17-18H,6-9,13-14H2,1-5H3,(H,32,33). The van der Waals surface area contributed by atoms with Crippen molar-refractivity contribution in [2.24, 2.45) is 0 Å². The van der Waals surface area contributed by atoms with Crippen molar-refractivity contribution < 1.29 is 9.53 Å². The number of fused-ring (bicyclic) bond motifs is 3. The second-order valence-corrected chi connectivity index (χ2v) is 11.4. The molecule has 0 spiro atoms. The number of nitrogens with one attached hydrogen (secondary N) is 1. The zero-order valence-electron chi connectivity index (χ0n) is 21.6. The van der Waals surface area contributed by atoms with Crippen LogP contribution in [-0.4, -0.2) is 41.7 Å². The summed E-state index contributed by atoms with van der Waals surface area (Å²) in [6, 6.07) is 1.89. The van der Waals surface area contributed by atoms with Crippen LogP contribution in [0.4, 0.5) is 4.79 Å². The number of rotatable bonds is 2. The second-order valence-electron chi connectivity index (χ2n) is 11.0. The van der Waals surface area contributed by atoms with Gasteiger partial charge >= 0.3 is 6.09 Å². The number of carbonyl (C=O) groups is 1. The van der Waals surface area contributed by atoms with E-state index in [1.54, 1.807) is 11.1 Å². The van der Waals surface area contributed by atoms with E-state index in [0.29, 0.717) is 29.9 Å². The number of aromatic nitrogens is 5. The first-order valence-electron chi connectivity index (χ1n) is 12.6. The van der Waals surface area contributed by atoms with Crippen molar-refractivity contribution in [2.75, 3.05) is 0 Å². The molecule has 3 aromatic rings. The van der Waals surface area contributed by atoms with E-state index in [4.69, 9.17) is 31.4 Å². The van der Waals surface area contributed by atoms with Gasteiger partial charge in [0.05, 0.1) is 52.3 Å². The third-order valence-electron chi connectivity index (χ3n) is 7.01. The lowest BCUT2D eigenvalue weighted by atomic mass is 9.77. The molecule has 0 saturated heterocycles. The molecule has 1 saturated carbocycles. The lowest BCUT2D eigenvalue weighted by Gasteiger charge is -2.28. The number of aryl methyl sites for hydroxylation is 2. The van der Waals surface area contributed by atoms with Gasteiger partial charge in [-0.1, -0.05) is 11.6 Å². The fourth-order valence-electron chi connectivity index (χ4n) is 5.39. The summed E-state index contributed by atoms with van der Waals surface area (Å²) in [5.41, 5.74) is 7.18. The smallest absolute Gasteiger partial charge is 0.410 e. The zero-order chi connectivity index (χ0) is 25.6. The Morgan fingerprint density at radius 1 is 1.06 bits per heavy atom. The van der Waals surface area contributed by atoms with E-state index in [1.807, 2.05) is 46.9 Å². The first-order valence-corrected chi connectivity index (χ1v) is 13.0. The molecule has 0 aromatic carbocycles. The van der Waals surface area contributed by atoms with Gasteiger partial charge in [-0.05, 0) is 71.9 Å². The van der Waals surface area contributed by atoms with Crippen LogP contribution >= 0.6 is 11.6 Å². The van der Waals surface area contributed by atoms with E-state index in [2.05, 4.69) is 10.1 Å². The molecule has 0 atom stereocenters. The predicted octanol–water partition coefficient (Wildman–Crippen LogP) is 6.22. The summed E-state index contributed by atoms with van der Waals surface area (Å²) in [4.78, 5) is 28.7. The van der Waals surface area contributed by atoms with Crippen LogP contribution in [0.2, 0.25) is 5.02 Å². The minimum atomic E-state index is -0.584. The number of aromatic amines is 1. The average molecular weight is 509 g/mol. The molecule has 36 heavy (non-hydrogen) atoms. The highest BCUT2D eigenvalue weighted by Crippen LogP contribution is 2.44. The number of carbonyl (C=O) groups excluding carboxylic acids is 1. The van der Waals surface area contributed by atoms with Gasteiger partial charge in [0, 0.05) is 29.8 Å². The highest BCUT2D eigenvalue weighted by molar-refractivity contribution is 6.30. The van der Waals surface area contributed by atoms with E-state index in [9.17, 15) is 4.79 Å². The van der Waals surface area contributed by atoms with Crippen molar-refractivity contribution in [3.63, 3.8) is 0 Å². The number of hydrogen-bond donors (Lipinski definition) is 1. The molecule has 0 radical (unpaired) electrons. The van der Waals surface area contributed by atoms with Gasteiger partial charge < -0.3 is 4.74 Å². The molecule has 8 nitrogen and oxygen atoms in total. The Balaban J connectivity index is 1.44. The van der Waals surface area contributed by atoms with Crippen molar-refractivity contribution in [2.45, 2.75) is 90.8 Å². The molecule has 1 aliphatic carbocycles. The Labute approximate surface area is 216 Å². The van der Waals surface area contributed by atoms with Crippen molar-refractivity contribution in [3.8, 4) is 11.3 Å². The molecule has 5 rings (SSSR count). The van der Waals surface area contributed by atoms with Gasteiger partial charge in [0.15, 0.2) is 0 Å². The summed E-state index contributed by atoms with van der Waals surface area (Å²) in [6.45, 7) is 10.4. The highest BCUT2D eigenvalue weighted by Gasteiger charge is 2.34. The van der Waals surface area contributed by atoms with Crippen LogP contribution in [0.25, 0.3) is 11.3 Å². The molecule has 0 unspecified atom stereocenters. The number of amides is 1. The number of hydrogen-bond acceptors (Lipinski definition) is 6. The molecule has 1 N–H and O–H groups in total. The molecule has 9 heteroatoms. The van der Waals surface area contributed by atoms with Crippen molar-refractivity contribution in [3.05, 3.63) is 57.5 Å². The molecule has 1 amide bonds. The van der Waals surface area contributed by atoms with Gasteiger partial charge in [-0.2, -0.15) is 5.10 Å². The highest BCUT2D eigenvalue weighted by atomic mass is 35.5. The minimum absolute atomic E-state index is 0.303. The van der Waals surface area contributed by atoms with Gasteiger partial charge in [-0.25, -0.2) is 4.79 Å². The third-order valence-corrected chi connectivity index (χ3v) is 7.22. The quantitative estimate of drug-likeness (QED) is 0.441. The monoisotopic (exact) mass is 508 g/mol. The molecular weight excluding hydrogens is 476 g/mol. The maximum Gasteiger partial charge on any atom is 0.410 e. The number of pyridine rings is 1. The first kappa shape index (κ1) is 24.7. The summed E-state index contributed by atoms with van der Waals surface area (Å²) in [5, 5.41) is 8.55. The topological polar surface area (TPSA) is 96.9 Å². The molecule has 0 bridgehead atoms. The van der Waals surface area contributed by atoms with Gasteiger partial charge in [0.25, 0.3) is 0 Å². The van der Waals surface area contributed by atoms with Gasteiger partial charge in [-0.15, -0.1) is 0 Å². The van der Waals surface area contributed by atoms with Crippen LogP contribution in [0, 0.1) is 13.8 Å². The summed E-state index contributed by atoms with van der Waals surface area (Å²) >= 11 is 6.32. The number of ether oxygens (including phenoxy) is 1. The van der Waals surface area contributed by atoms with E-state index in [-0.39, 0.29) is 6.09 Å². The number of nitrogens with zero attached hydrogens (tertiary/aromatic N) is 5. The van der Waals surface area contributed by atoms with Gasteiger partial charge in [0.2, 0.25) is 0 Å². The fraction of sp³-hybridized carbons (Fsp3) is 0.519. The largest absolute Gasteiger partial charge is 0.444 e. The first-order chi connectivity index (χ1) is 17.1. The molecule has 1 aliphatic heterocycles. The lowest BCUT2D eigenvalue weighted by Crippen LogP contribution is -2.35. The summed E-state index contributed by atoms with van der Waals surface area (Å²) in [5.74, 6) is 0.718. The normalized spacial score (nSPS) is 19.9. The van der Waals surface area contributed by atoms with Crippen LogP contribution in [0.3, 0.4) is 0 Å². The summed E-state index contributed by atoms with van der Waals surface area (Å²) in [6.07, 6.45) is 7.23. The Bertz CT molecular complexity index is 1290. The molecule has 2 aliphatic rings. The van der Waals surface area contributed by atoms with Crippen LogP contribution in [0.1, 0.15) is 92.3 Å². The minimum Gasteiger partial charge on any atom is -0.444 e. The zero-order valence-corrected chi connectivity index (χ0v) is 22.3. The van der Waals surface area contributed by atoms with Crippen LogP contribution in [0.15, 0.2) is 18.5 Å². The van der Waals surface area contributed by atoms with Gasteiger partial charge in [0.1, 0.15) is 5.60 Å². The maximum absolute atomic E-state index is 13.0. The summed E-state index contributed by atoms with van der Waals surface area (Å²) in [7, 11) is 0. The maximum atomic E-state index is 13.0. The Kier molecular flexibility index (Phi) is 6.49. The van der Waals surface area contributed by atoms with Crippen molar-refractivity contribution in [1.82, 2.24) is 30.0 Å². The third kappa shape index (κ3) is 4.96. The van der Waals surface area contributed by atoms with Gasteiger partial charge in [-0.3, -0.25) is 25.0 Å². The Morgan fingerprint density at radius 3 is 2.44 bits per heavy atom. The average Bonchev–Trinajstić information content (AvgIpc) is 3.15. The van der Waals surface area contributed by atoms with E-state index >= 15 is 0 Å². The fourth-order valence-corrected chi connectivity index (χ4v) is 5.57. The lowest BCUT2D eigenvalue weighted by molar-refractivity contribution is 0.0216. The molecule has 190 valence electrons. The predicted molar refractivity (Wildman–Crippen MR) is 138 cm³/mol. The van der Waals surface area contributed by atoms with Crippen molar-refractivity contribution in [1.29, 1.82) is 0 Å².